The van der Waals surface area contributed by atoms with E-state index in [1.165, 1.54) is 10.7 Å². The summed E-state index contributed by atoms with van der Waals surface area (Å²) in [5.74, 6) is -0.880. The Labute approximate surface area is 174 Å². The third-order valence-corrected chi connectivity index (χ3v) is 4.60. The zero-order chi connectivity index (χ0) is 22.0. The molecule has 0 bridgehead atoms. The minimum Gasteiger partial charge on any atom is -0.404 e. The van der Waals surface area contributed by atoms with Crippen LogP contribution in [-0.2, 0) is 6.54 Å². The van der Waals surface area contributed by atoms with Crippen molar-refractivity contribution in [2.45, 2.75) is 20.4 Å². The van der Waals surface area contributed by atoms with Crippen molar-refractivity contribution in [3.05, 3.63) is 90.1 Å². The zero-order valence-electron chi connectivity index (χ0n) is 15.9. The SMILES string of the molecule is Cc1cc(OC(=O)c2cc([N+](=O)[O-])cc([N+](=O)[O-])c2)n(Cc2ccc(Cl)c(C)c2)n1. The van der Waals surface area contributed by atoms with Gasteiger partial charge in [-0.05, 0) is 31.0 Å². The number of hydrogen-bond donors (Lipinski definition) is 0. The Kier molecular flexibility index (Phi) is 5.79. The quantitative estimate of drug-likeness (QED) is 0.324. The highest BCUT2D eigenvalue weighted by Gasteiger charge is 2.22. The average Bonchev–Trinajstić information content (AvgIpc) is 3.02. The molecule has 3 rings (SSSR count). The highest BCUT2D eigenvalue weighted by molar-refractivity contribution is 6.31. The van der Waals surface area contributed by atoms with Crippen LogP contribution in [0.25, 0.3) is 0 Å². The molecule has 0 N–H and O–H groups in total. The molecular formula is C19H15ClN4O6. The number of aryl methyl sites for hydroxylation is 2. The summed E-state index contributed by atoms with van der Waals surface area (Å²) in [5, 5.41) is 27.0. The van der Waals surface area contributed by atoms with Gasteiger partial charge in [0.05, 0.1) is 33.7 Å². The van der Waals surface area contributed by atoms with Crippen molar-refractivity contribution >= 4 is 28.9 Å². The van der Waals surface area contributed by atoms with Gasteiger partial charge in [-0.3, -0.25) is 20.2 Å². The molecule has 0 saturated heterocycles. The minimum absolute atomic E-state index is 0.0965. The van der Waals surface area contributed by atoms with Gasteiger partial charge in [-0.1, -0.05) is 23.7 Å². The molecule has 0 aliphatic rings. The standard InChI is InChI=1S/C19H15ClN4O6/c1-11-5-13(3-4-17(11)20)10-22-18(6-12(2)21-22)30-19(25)14-7-15(23(26)27)9-16(8-14)24(28)29/h3-9H,10H2,1-2H3. The second kappa shape index (κ2) is 8.29. The first-order valence-corrected chi connectivity index (χ1v) is 8.97. The van der Waals surface area contributed by atoms with Gasteiger partial charge in [0.25, 0.3) is 11.4 Å². The van der Waals surface area contributed by atoms with Crippen LogP contribution < -0.4 is 4.74 Å². The molecular weight excluding hydrogens is 416 g/mol. The number of esters is 1. The largest absolute Gasteiger partial charge is 0.404 e. The van der Waals surface area contributed by atoms with E-state index in [-0.39, 0.29) is 18.0 Å². The van der Waals surface area contributed by atoms with Crippen molar-refractivity contribution in [2.75, 3.05) is 0 Å². The van der Waals surface area contributed by atoms with E-state index < -0.39 is 27.2 Å². The number of benzene rings is 2. The van der Waals surface area contributed by atoms with Crippen molar-refractivity contribution in [1.29, 1.82) is 0 Å². The topological polar surface area (TPSA) is 130 Å². The molecule has 2 aromatic carbocycles. The number of carbonyl (C=O) groups is 1. The minimum atomic E-state index is -0.977. The molecule has 0 radical (unpaired) electrons. The molecule has 10 nitrogen and oxygen atoms in total. The second-order valence-corrected chi connectivity index (χ2v) is 6.91. The Balaban J connectivity index is 1.90. The van der Waals surface area contributed by atoms with Crippen LogP contribution in [0, 0.1) is 34.1 Å². The number of non-ortho nitro benzene ring substituents is 2. The van der Waals surface area contributed by atoms with Gasteiger partial charge in [-0.15, -0.1) is 0 Å². The van der Waals surface area contributed by atoms with Gasteiger partial charge < -0.3 is 4.74 Å². The Morgan fingerprint density at radius 1 is 1.07 bits per heavy atom. The first-order valence-electron chi connectivity index (χ1n) is 8.59. The highest BCUT2D eigenvalue weighted by Crippen LogP contribution is 2.25. The van der Waals surface area contributed by atoms with E-state index in [2.05, 4.69) is 5.10 Å². The summed E-state index contributed by atoms with van der Waals surface area (Å²) in [7, 11) is 0. The number of nitro benzene ring substituents is 2. The van der Waals surface area contributed by atoms with Crippen LogP contribution in [0.4, 0.5) is 11.4 Å². The summed E-state index contributed by atoms with van der Waals surface area (Å²) in [5.41, 5.74) is 0.830. The third-order valence-electron chi connectivity index (χ3n) is 4.18. The van der Waals surface area contributed by atoms with E-state index in [4.69, 9.17) is 16.3 Å². The summed E-state index contributed by atoms with van der Waals surface area (Å²) in [6, 6.07) is 9.56. The van der Waals surface area contributed by atoms with E-state index in [0.29, 0.717) is 10.7 Å². The Morgan fingerprint density at radius 2 is 1.70 bits per heavy atom. The fourth-order valence-electron chi connectivity index (χ4n) is 2.77. The van der Waals surface area contributed by atoms with Crippen LogP contribution in [0.1, 0.15) is 27.2 Å². The van der Waals surface area contributed by atoms with Gasteiger partial charge in [0, 0.05) is 23.2 Å². The molecule has 3 aromatic rings. The molecule has 0 spiro atoms. The maximum atomic E-state index is 12.6. The van der Waals surface area contributed by atoms with Gasteiger partial charge in [-0.25, -0.2) is 9.48 Å². The van der Waals surface area contributed by atoms with Crippen molar-refractivity contribution in [3.8, 4) is 5.88 Å². The number of rotatable bonds is 6. The molecule has 0 aliphatic heterocycles. The molecule has 1 heterocycles. The van der Waals surface area contributed by atoms with E-state index >= 15 is 0 Å². The fourth-order valence-corrected chi connectivity index (χ4v) is 2.89. The number of nitro groups is 2. The predicted octanol–water partition coefficient (Wildman–Crippen LogP) is 4.24. The van der Waals surface area contributed by atoms with Gasteiger partial charge in [0.15, 0.2) is 0 Å². The lowest BCUT2D eigenvalue weighted by molar-refractivity contribution is -0.394. The van der Waals surface area contributed by atoms with Crippen molar-refractivity contribution in [1.82, 2.24) is 9.78 Å². The van der Waals surface area contributed by atoms with Crippen molar-refractivity contribution in [2.24, 2.45) is 0 Å². The number of halogens is 1. The average molecular weight is 431 g/mol. The van der Waals surface area contributed by atoms with Gasteiger partial charge in [-0.2, -0.15) is 5.10 Å². The molecule has 11 heteroatoms. The number of hydrogen-bond acceptors (Lipinski definition) is 7. The number of aromatic nitrogens is 2. The summed E-state index contributed by atoms with van der Waals surface area (Å²) in [6.07, 6.45) is 0. The summed E-state index contributed by atoms with van der Waals surface area (Å²) >= 11 is 6.04. The normalized spacial score (nSPS) is 10.6. The first-order chi connectivity index (χ1) is 14.1. The molecule has 154 valence electrons. The molecule has 0 saturated carbocycles. The maximum Gasteiger partial charge on any atom is 0.345 e. The van der Waals surface area contributed by atoms with Gasteiger partial charge in [0.1, 0.15) is 0 Å². The molecule has 0 aliphatic carbocycles. The fraction of sp³-hybridized carbons (Fsp3) is 0.158. The van der Waals surface area contributed by atoms with Gasteiger partial charge in [0.2, 0.25) is 5.88 Å². The van der Waals surface area contributed by atoms with Crippen LogP contribution in [0.3, 0.4) is 0 Å². The second-order valence-electron chi connectivity index (χ2n) is 6.51. The first kappa shape index (κ1) is 20.9. The summed E-state index contributed by atoms with van der Waals surface area (Å²) < 4.78 is 6.78. The van der Waals surface area contributed by atoms with Crippen molar-refractivity contribution in [3.63, 3.8) is 0 Å². The lowest BCUT2D eigenvalue weighted by Crippen LogP contribution is -2.13. The molecule has 0 fully saturated rings. The third kappa shape index (κ3) is 4.61. The smallest absolute Gasteiger partial charge is 0.345 e. The van der Waals surface area contributed by atoms with E-state index in [1.807, 2.05) is 19.1 Å². The maximum absolute atomic E-state index is 12.6. The predicted molar refractivity (Wildman–Crippen MR) is 107 cm³/mol. The van der Waals surface area contributed by atoms with E-state index in [9.17, 15) is 25.0 Å². The van der Waals surface area contributed by atoms with Gasteiger partial charge >= 0.3 is 5.97 Å². The van der Waals surface area contributed by atoms with Crippen LogP contribution in [0.15, 0.2) is 42.5 Å². The van der Waals surface area contributed by atoms with E-state index in [0.717, 1.165) is 29.3 Å². The molecule has 1 aromatic heterocycles. The lowest BCUT2D eigenvalue weighted by Gasteiger charge is -2.09. The summed E-state index contributed by atoms with van der Waals surface area (Å²) in [6.45, 7) is 3.85. The Bertz CT molecular complexity index is 1140. The van der Waals surface area contributed by atoms with Crippen LogP contribution >= 0.6 is 11.6 Å². The number of carbonyl (C=O) groups excluding carboxylic acids is 1. The monoisotopic (exact) mass is 430 g/mol. The molecule has 0 unspecified atom stereocenters. The number of nitrogens with zero attached hydrogens (tertiary/aromatic N) is 4. The lowest BCUT2D eigenvalue weighted by atomic mass is 10.1. The molecule has 0 amide bonds. The van der Waals surface area contributed by atoms with Crippen LogP contribution in [-0.4, -0.2) is 25.6 Å². The zero-order valence-corrected chi connectivity index (χ0v) is 16.6. The Morgan fingerprint density at radius 3 is 2.27 bits per heavy atom. The number of ether oxygens (including phenoxy) is 1. The summed E-state index contributed by atoms with van der Waals surface area (Å²) in [4.78, 5) is 33.0. The van der Waals surface area contributed by atoms with E-state index in [1.54, 1.807) is 13.0 Å². The van der Waals surface area contributed by atoms with Crippen molar-refractivity contribution < 1.29 is 19.4 Å². The highest BCUT2D eigenvalue weighted by atomic mass is 35.5. The Hall–Kier alpha value is -3.79. The molecule has 30 heavy (non-hydrogen) atoms. The molecule has 0 atom stereocenters. The van der Waals surface area contributed by atoms with Crippen LogP contribution in [0.2, 0.25) is 5.02 Å². The van der Waals surface area contributed by atoms with Crippen LogP contribution in [0.5, 0.6) is 5.88 Å².